The topological polar surface area (TPSA) is 93.2 Å². The fraction of sp³-hybridized carbons (Fsp3) is 0.478. The monoisotopic (exact) mass is 428 g/mol. The van der Waals surface area contributed by atoms with E-state index in [1.807, 2.05) is 27.7 Å². The zero-order valence-corrected chi connectivity index (χ0v) is 18.6. The second-order valence-electron chi connectivity index (χ2n) is 8.46. The number of aromatic nitrogens is 2. The van der Waals surface area contributed by atoms with Crippen LogP contribution >= 0.6 is 0 Å². The van der Waals surface area contributed by atoms with Gasteiger partial charge in [0.25, 0.3) is 0 Å². The summed E-state index contributed by atoms with van der Waals surface area (Å²) in [5.74, 6) is -0.0502. The summed E-state index contributed by atoms with van der Waals surface area (Å²) in [6.07, 6.45) is 2.33. The van der Waals surface area contributed by atoms with Gasteiger partial charge in [0.2, 0.25) is 11.8 Å². The van der Waals surface area contributed by atoms with Gasteiger partial charge < -0.3 is 15.4 Å². The fourth-order valence-electron chi connectivity index (χ4n) is 3.76. The Labute approximate surface area is 181 Å². The first kappa shape index (κ1) is 22.7. The number of nitrogens with one attached hydrogen (secondary N) is 2. The highest BCUT2D eigenvalue weighted by atomic mass is 19.1. The molecular formula is C23H29FN4O3. The number of amides is 2. The van der Waals surface area contributed by atoms with Crippen LogP contribution in [-0.4, -0.2) is 40.5 Å². The molecule has 1 aromatic carbocycles. The van der Waals surface area contributed by atoms with Gasteiger partial charge in [-0.15, -0.1) is 0 Å². The smallest absolute Gasteiger partial charge is 0.242 e. The SMILES string of the molecule is CC(=O)N[C@@H](CC(C)C)C(=O)NC[C@@H]1Cc2cc(F)cc(-c3nc(C)cnc3C)c2O1. The molecule has 0 bridgehead atoms. The number of ether oxygens (including phenoxy) is 1. The molecule has 0 radical (unpaired) electrons. The molecule has 0 spiro atoms. The van der Waals surface area contributed by atoms with E-state index in [4.69, 9.17) is 4.74 Å². The van der Waals surface area contributed by atoms with Crippen LogP contribution in [0.2, 0.25) is 0 Å². The summed E-state index contributed by atoms with van der Waals surface area (Å²) in [6.45, 7) is 9.28. The summed E-state index contributed by atoms with van der Waals surface area (Å²) in [7, 11) is 0. The van der Waals surface area contributed by atoms with Crippen molar-refractivity contribution < 1.29 is 18.7 Å². The summed E-state index contributed by atoms with van der Waals surface area (Å²) >= 11 is 0. The molecule has 7 nitrogen and oxygen atoms in total. The molecule has 2 heterocycles. The highest BCUT2D eigenvalue weighted by Crippen LogP contribution is 2.39. The van der Waals surface area contributed by atoms with Crippen molar-refractivity contribution in [3.8, 4) is 17.0 Å². The van der Waals surface area contributed by atoms with Gasteiger partial charge in [-0.05, 0) is 38.3 Å². The maximum absolute atomic E-state index is 14.3. The molecule has 0 saturated carbocycles. The maximum Gasteiger partial charge on any atom is 0.242 e. The van der Waals surface area contributed by atoms with Crippen molar-refractivity contribution in [3.05, 3.63) is 41.1 Å². The summed E-state index contributed by atoms with van der Waals surface area (Å²) in [5.41, 5.74) is 3.30. The lowest BCUT2D eigenvalue weighted by Gasteiger charge is -2.20. The molecule has 1 aromatic heterocycles. The first-order chi connectivity index (χ1) is 14.6. The van der Waals surface area contributed by atoms with E-state index in [9.17, 15) is 14.0 Å². The predicted octanol–water partition coefficient (Wildman–Crippen LogP) is 2.87. The zero-order chi connectivity index (χ0) is 22.7. The van der Waals surface area contributed by atoms with Gasteiger partial charge in [0.1, 0.15) is 23.7 Å². The zero-order valence-electron chi connectivity index (χ0n) is 18.6. The minimum Gasteiger partial charge on any atom is -0.487 e. The molecule has 2 atom stereocenters. The highest BCUT2D eigenvalue weighted by Gasteiger charge is 2.29. The summed E-state index contributed by atoms with van der Waals surface area (Å²) in [5, 5.41) is 5.56. The van der Waals surface area contributed by atoms with Crippen LogP contribution in [0.3, 0.4) is 0 Å². The van der Waals surface area contributed by atoms with E-state index < -0.39 is 6.04 Å². The Hall–Kier alpha value is -3.03. The number of nitrogens with zero attached hydrogens (tertiary/aromatic N) is 2. The van der Waals surface area contributed by atoms with Gasteiger partial charge in [-0.1, -0.05) is 13.8 Å². The van der Waals surface area contributed by atoms with Crippen molar-refractivity contribution in [2.75, 3.05) is 6.54 Å². The van der Waals surface area contributed by atoms with Crippen LogP contribution in [0.1, 0.15) is 44.1 Å². The first-order valence-electron chi connectivity index (χ1n) is 10.5. The number of aryl methyl sites for hydroxylation is 2. The molecule has 2 aromatic rings. The summed E-state index contributed by atoms with van der Waals surface area (Å²) in [4.78, 5) is 32.9. The minimum absolute atomic E-state index is 0.249. The van der Waals surface area contributed by atoms with Crippen molar-refractivity contribution in [1.29, 1.82) is 0 Å². The Morgan fingerprint density at radius 2 is 2.03 bits per heavy atom. The molecule has 1 aliphatic rings. The van der Waals surface area contributed by atoms with Gasteiger partial charge in [0, 0.05) is 30.7 Å². The van der Waals surface area contributed by atoms with Crippen LogP contribution in [0.25, 0.3) is 11.3 Å². The number of rotatable bonds is 7. The average Bonchev–Trinajstić information content (AvgIpc) is 3.08. The molecule has 8 heteroatoms. The predicted molar refractivity (Wildman–Crippen MR) is 115 cm³/mol. The Bertz CT molecular complexity index is 993. The quantitative estimate of drug-likeness (QED) is 0.707. The van der Waals surface area contributed by atoms with E-state index in [0.29, 0.717) is 35.5 Å². The Morgan fingerprint density at radius 1 is 1.29 bits per heavy atom. The fourth-order valence-corrected chi connectivity index (χ4v) is 3.76. The third kappa shape index (κ3) is 5.57. The van der Waals surface area contributed by atoms with Gasteiger partial charge in [-0.2, -0.15) is 0 Å². The number of carbonyl (C=O) groups excluding carboxylic acids is 2. The minimum atomic E-state index is -0.598. The molecule has 0 aliphatic carbocycles. The highest BCUT2D eigenvalue weighted by molar-refractivity contribution is 5.86. The lowest BCUT2D eigenvalue weighted by molar-refractivity contribution is -0.128. The van der Waals surface area contributed by atoms with Crippen LogP contribution in [0, 0.1) is 25.6 Å². The van der Waals surface area contributed by atoms with E-state index in [-0.39, 0.29) is 36.2 Å². The molecule has 3 rings (SSSR count). The maximum atomic E-state index is 14.3. The van der Waals surface area contributed by atoms with Crippen molar-refractivity contribution in [1.82, 2.24) is 20.6 Å². The molecule has 0 saturated heterocycles. The number of hydrogen-bond acceptors (Lipinski definition) is 5. The number of benzene rings is 1. The molecule has 31 heavy (non-hydrogen) atoms. The molecule has 166 valence electrons. The Balaban J connectivity index is 1.74. The van der Waals surface area contributed by atoms with Gasteiger partial charge >= 0.3 is 0 Å². The van der Waals surface area contributed by atoms with Crippen LogP contribution in [0.4, 0.5) is 4.39 Å². The molecule has 0 unspecified atom stereocenters. The second-order valence-corrected chi connectivity index (χ2v) is 8.46. The lowest BCUT2D eigenvalue weighted by atomic mass is 10.0. The first-order valence-corrected chi connectivity index (χ1v) is 10.5. The second kappa shape index (κ2) is 9.41. The van der Waals surface area contributed by atoms with Crippen molar-refractivity contribution >= 4 is 11.8 Å². The van der Waals surface area contributed by atoms with E-state index in [0.717, 1.165) is 11.3 Å². The van der Waals surface area contributed by atoms with Crippen molar-refractivity contribution in [2.24, 2.45) is 5.92 Å². The molecule has 2 amide bonds. The van der Waals surface area contributed by atoms with Crippen molar-refractivity contribution in [3.63, 3.8) is 0 Å². The third-order valence-electron chi connectivity index (χ3n) is 5.10. The summed E-state index contributed by atoms with van der Waals surface area (Å²) in [6, 6.07) is 2.27. The summed E-state index contributed by atoms with van der Waals surface area (Å²) < 4.78 is 20.4. The average molecular weight is 429 g/mol. The van der Waals surface area contributed by atoms with Gasteiger partial charge in [0.05, 0.1) is 23.6 Å². The lowest BCUT2D eigenvalue weighted by Crippen LogP contribution is -2.48. The van der Waals surface area contributed by atoms with Gasteiger partial charge in [-0.25, -0.2) is 9.37 Å². The van der Waals surface area contributed by atoms with Crippen molar-refractivity contribution in [2.45, 2.75) is 59.6 Å². The van der Waals surface area contributed by atoms with Crippen LogP contribution in [-0.2, 0) is 16.0 Å². The Kier molecular flexibility index (Phi) is 6.87. The van der Waals surface area contributed by atoms with E-state index in [1.54, 1.807) is 6.20 Å². The number of carbonyl (C=O) groups is 2. The molecule has 2 N–H and O–H groups in total. The number of hydrogen-bond donors (Lipinski definition) is 2. The molecule has 1 aliphatic heterocycles. The largest absolute Gasteiger partial charge is 0.487 e. The van der Waals surface area contributed by atoms with E-state index in [2.05, 4.69) is 20.6 Å². The Morgan fingerprint density at radius 3 is 2.71 bits per heavy atom. The normalized spacial score (nSPS) is 15.9. The van der Waals surface area contributed by atoms with Crippen LogP contribution < -0.4 is 15.4 Å². The number of fused-ring (bicyclic) bond motifs is 1. The van der Waals surface area contributed by atoms with E-state index >= 15 is 0 Å². The van der Waals surface area contributed by atoms with Crippen LogP contribution in [0.5, 0.6) is 5.75 Å². The van der Waals surface area contributed by atoms with Gasteiger partial charge in [0.15, 0.2) is 0 Å². The standard InChI is InChI=1S/C23H29FN4O3/c1-12(2)6-20(28-15(5)29)23(30)26-11-18-8-16-7-17(24)9-19(22(16)31-18)21-14(4)25-10-13(3)27-21/h7,9-10,12,18,20H,6,8,11H2,1-5H3,(H,26,30)(H,28,29)/t18-,20-/m0/s1. The van der Waals surface area contributed by atoms with Gasteiger partial charge in [-0.3, -0.25) is 14.6 Å². The third-order valence-corrected chi connectivity index (χ3v) is 5.10. The molecule has 0 fully saturated rings. The molecular weight excluding hydrogens is 399 g/mol. The number of halogens is 1. The van der Waals surface area contributed by atoms with Crippen LogP contribution in [0.15, 0.2) is 18.3 Å². The van der Waals surface area contributed by atoms with E-state index in [1.165, 1.54) is 19.1 Å².